The minimum absolute atomic E-state index is 0.290. The molecule has 0 saturated heterocycles. The first-order chi connectivity index (χ1) is 9.69. The number of allylic oxidation sites excluding steroid dienone is 1. The van der Waals surface area contributed by atoms with Crippen LogP contribution in [-0.2, 0) is 4.74 Å². The Morgan fingerprint density at radius 2 is 2.10 bits per heavy atom. The molecule has 1 rings (SSSR count). The molecule has 1 aromatic carbocycles. The Hall–Kier alpha value is -1.61. The smallest absolute Gasteiger partial charge is 0.338 e. The van der Waals surface area contributed by atoms with Gasteiger partial charge in [0.25, 0.3) is 0 Å². The molecule has 0 aromatic heterocycles. The van der Waals surface area contributed by atoms with Gasteiger partial charge in [0.15, 0.2) is 0 Å². The molecular formula is C17H25NO2. The van der Waals surface area contributed by atoms with Crippen LogP contribution in [-0.4, -0.2) is 19.6 Å². The van der Waals surface area contributed by atoms with Crippen molar-refractivity contribution in [2.75, 3.05) is 13.7 Å². The second-order valence-corrected chi connectivity index (χ2v) is 5.11. The normalized spacial score (nSPS) is 12.6. The Kier molecular flexibility index (Phi) is 7.66. The van der Waals surface area contributed by atoms with Gasteiger partial charge in [0.1, 0.15) is 0 Å². The van der Waals surface area contributed by atoms with Crippen molar-refractivity contribution in [2.24, 2.45) is 11.7 Å². The van der Waals surface area contributed by atoms with E-state index in [1.165, 1.54) is 20.0 Å². The number of carbonyl (C=O) groups is 1. The van der Waals surface area contributed by atoms with E-state index in [0.717, 1.165) is 24.9 Å². The molecule has 0 amide bonds. The molecule has 0 spiro atoms. The minimum atomic E-state index is -0.290. The van der Waals surface area contributed by atoms with E-state index in [4.69, 9.17) is 10.5 Å². The van der Waals surface area contributed by atoms with Crippen molar-refractivity contribution >= 4 is 12.0 Å². The molecule has 3 nitrogen and oxygen atoms in total. The van der Waals surface area contributed by atoms with E-state index in [1.54, 1.807) is 6.07 Å². The van der Waals surface area contributed by atoms with E-state index in [9.17, 15) is 4.79 Å². The highest BCUT2D eigenvalue weighted by Crippen LogP contribution is 2.14. The summed E-state index contributed by atoms with van der Waals surface area (Å²) in [7, 11) is 1.40. The van der Waals surface area contributed by atoms with Gasteiger partial charge in [-0.1, -0.05) is 43.7 Å². The number of ether oxygens (including phenoxy) is 1. The number of hydrogen-bond donors (Lipinski definition) is 1. The average Bonchev–Trinajstić information content (AvgIpc) is 2.50. The van der Waals surface area contributed by atoms with Gasteiger partial charge in [-0.3, -0.25) is 0 Å². The summed E-state index contributed by atoms with van der Waals surface area (Å²) in [5.74, 6) is 0.320. The first-order valence-electron chi connectivity index (χ1n) is 7.23. The van der Waals surface area contributed by atoms with Crippen LogP contribution in [0.3, 0.4) is 0 Å². The first-order valence-corrected chi connectivity index (χ1v) is 7.23. The maximum Gasteiger partial charge on any atom is 0.338 e. The molecule has 0 aliphatic carbocycles. The maximum atomic E-state index is 11.6. The molecule has 0 bridgehead atoms. The zero-order chi connectivity index (χ0) is 14.8. The third kappa shape index (κ3) is 5.57. The summed E-state index contributed by atoms with van der Waals surface area (Å²) >= 11 is 0. The lowest BCUT2D eigenvalue weighted by atomic mass is 10.0. The van der Waals surface area contributed by atoms with E-state index < -0.39 is 0 Å². The summed E-state index contributed by atoms with van der Waals surface area (Å²) in [5, 5.41) is 0. The van der Waals surface area contributed by atoms with Crippen LogP contribution in [0.25, 0.3) is 6.08 Å². The van der Waals surface area contributed by atoms with E-state index in [0.29, 0.717) is 11.5 Å². The molecule has 1 aromatic rings. The van der Waals surface area contributed by atoms with Crippen molar-refractivity contribution in [1.29, 1.82) is 0 Å². The fraction of sp³-hybridized carbons (Fsp3) is 0.471. The van der Waals surface area contributed by atoms with Gasteiger partial charge in [-0.05, 0) is 43.4 Å². The zero-order valence-electron chi connectivity index (χ0n) is 12.5. The van der Waals surface area contributed by atoms with Gasteiger partial charge in [0, 0.05) is 0 Å². The Morgan fingerprint density at radius 1 is 1.35 bits per heavy atom. The molecule has 0 radical (unpaired) electrons. The van der Waals surface area contributed by atoms with Crippen molar-refractivity contribution in [3.63, 3.8) is 0 Å². The number of methoxy groups -OCH3 is 1. The molecule has 2 N–H and O–H groups in total. The third-order valence-corrected chi connectivity index (χ3v) is 3.38. The Balaban J connectivity index is 2.44. The highest BCUT2D eigenvalue weighted by Gasteiger charge is 2.08. The molecule has 0 aliphatic rings. The lowest BCUT2D eigenvalue weighted by Crippen LogP contribution is -2.10. The summed E-state index contributed by atoms with van der Waals surface area (Å²) < 4.78 is 4.78. The topological polar surface area (TPSA) is 52.3 Å². The lowest BCUT2D eigenvalue weighted by Gasteiger charge is -2.06. The molecule has 110 valence electrons. The van der Waals surface area contributed by atoms with Gasteiger partial charge < -0.3 is 10.5 Å². The van der Waals surface area contributed by atoms with Gasteiger partial charge in [-0.25, -0.2) is 4.79 Å². The molecule has 0 fully saturated rings. The molecule has 0 saturated carbocycles. The summed E-state index contributed by atoms with van der Waals surface area (Å²) in [4.78, 5) is 11.6. The van der Waals surface area contributed by atoms with Crippen molar-refractivity contribution in [3.05, 3.63) is 41.5 Å². The van der Waals surface area contributed by atoms with Crippen LogP contribution in [0.4, 0.5) is 0 Å². The number of unbranched alkanes of at least 4 members (excludes halogenated alkanes) is 2. The Morgan fingerprint density at radius 3 is 2.80 bits per heavy atom. The average molecular weight is 275 g/mol. The summed E-state index contributed by atoms with van der Waals surface area (Å²) in [6.07, 6.45) is 8.67. The minimum Gasteiger partial charge on any atom is -0.465 e. The van der Waals surface area contributed by atoms with Gasteiger partial charge in [0.2, 0.25) is 0 Å². The quantitative estimate of drug-likeness (QED) is 0.582. The fourth-order valence-electron chi connectivity index (χ4n) is 2.02. The number of rotatable bonds is 8. The largest absolute Gasteiger partial charge is 0.465 e. The summed E-state index contributed by atoms with van der Waals surface area (Å²) in [5.41, 5.74) is 7.11. The third-order valence-electron chi connectivity index (χ3n) is 3.38. The molecule has 0 heterocycles. The highest BCUT2D eigenvalue weighted by atomic mass is 16.5. The SMILES string of the molecule is COC(=O)c1ccccc1C=CCCCCC(C)CN. The van der Waals surface area contributed by atoms with Crippen LogP contribution in [0.1, 0.15) is 48.5 Å². The van der Waals surface area contributed by atoms with E-state index in [2.05, 4.69) is 13.0 Å². The first kappa shape index (κ1) is 16.4. The monoisotopic (exact) mass is 275 g/mol. The maximum absolute atomic E-state index is 11.6. The van der Waals surface area contributed by atoms with Crippen molar-refractivity contribution < 1.29 is 9.53 Å². The Bertz CT molecular complexity index is 440. The highest BCUT2D eigenvalue weighted by molar-refractivity contribution is 5.93. The van der Waals surface area contributed by atoms with Crippen LogP contribution in [0.5, 0.6) is 0 Å². The summed E-state index contributed by atoms with van der Waals surface area (Å²) in [6, 6.07) is 7.49. The van der Waals surface area contributed by atoms with E-state index >= 15 is 0 Å². The number of benzene rings is 1. The number of nitrogens with two attached hydrogens (primary N) is 1. The molecule has 1 atom stereocenters. The number of esters is 1. The van der Waals surface area contributed by atoms with E-state index in [-0.39, 0.29) is 5.97 Å². The van der Waals surface area contributed by atoms with Gasteiger partial charge in [0.05, 0.1) is 12.7 Å². The lowest BCUT2D eigenvalue weighted by molar-refractivity contribution is 0.0600. The zero-order valence-corrected chi connectivity index (χ0v) is 12.5. The fourth-order valence-corrected chi connectivity index (χ4v) is 2.02. The number of hydrogen-bond acceptors (Lipinski definition) is 3. The van der Waals surface area contributed by atoms with Crippen LogP contribution in [0.2, 0.25) is 0 Å². The molecule has 3 heteroatoms. The summed E-state index contributed by atoms with van der Waals surface area (Å²) in [6.45, 7) is 2.95. The predicted molar refractivity (Wildman–Crippen MR) is 83.5 cm³/mol. The number of carbonyl (C=O) groups excluding carboxylic acids is 1. The van der Waals surface area contributed by atoms with Crippen LogP contribution in [0, 0.1) is 5.92 Å². The molecule has 20 heavy (non-hydrogen) atoms. The predicted octanol–water partition coefficient (Wildman–Crippen LogP) is 3.64. The van der Waals surface area contributed by atoms with Crippen LogP contribution in [0.15, 0.2) is 30.3 Å². The van der Waals surface area contributed by atoms with Gasteiger partial charge in [-0.2, -0.15) is 0 Å². The van der Waals surface area contributed by atoms with E-state index in [1.807, 2.05) is 24.3 Å². The van der Waals surface area contributed by atoms with Gasteiger partial charge >= 0.3 is 5.97 Å². The van der Waals surface area contributed by atoms with Crippen LogP contribution >= 0.6 is 0 Å². The van der Waals surface area contributed by atoms with Crippen molar-refractivity contribution in [1.82, 2.24) is 0 Å². The second kappa shape index (κ2) is 9.32. The molecule has 1 unspecified atom stereocenters. The molecule has 0 aliphatic heterocycles. The van der Waals surface area contributed by atoms with Crippen LogP contribution < -0.4 is 5.73 Å². The molecular weight excluding hydrogens is 250 g/mol. The van der Waals surface area contributed by atoms with Crippen molar-refractivity contribution in [2.45, 2.75) is 32.6 Å². The second-order valence-electron chi connectivity index (χ2n) is 5.11. The Labute approximate surface area is 121 Å². The standard InChI is InChI=1S/C17H25NO2/c1-14(13-18)9-5-3-4-6-10-15-11-7-8-12-16(15)17(19)20-2/h6-8,10-12,14H,3-5,9,13,18H2,1-2H3. The van der Waals surface area contributed by atoms with Gasteiger partial charge in [-0.15, -0.1) is 0 Å². The van der Waals surface area contributed by atoms with Crippen molar-refractivity contribution in [3.8, 4) is 0 Å².